The number of phosphoric ester groups is 1. The van der Waals surface area contributed by atoms with Crippen LogP contribution in [0.4, 0.5) is 4.79 Å². The zero-order valence-corrected chi connectivity index (χ0v) is 18.6. The van der Waals surface area contributed by atoms with E-state index in [1.807, 2.05) is 0 Å². The predicted octanol–water partition coefficient (Wildman–Crippen LogP) is -2.06. The lowest BCUT2D eigenvalue weighted by Gasteiger charge is -2.33. The molecule has 2 aliphatic rings. The molecular formula is C12H20N3O14P3. The number of imide groups is 1. The first-order chi connectivity index (χ1) is 14.6. The predicted molar refractivity (Wildman–Crippen MR) is 99.7 cm³/mol. The SMILES string of the molecule is NCC#CC1CN(C2CC(O)C(COP(=O)(O)OP(=O)(O)OP(=O)(O)O)O2)C(=O)NC1=O. The summed E-state index contributed by atoms with van der Waals surface area (Å²) < 4.78 is 50.6. The molecule has 0 radical (unpaired) electrons. The van der Waals surface area contributed by atoms with Crippen LogP contribution in [0.2, 0.25) is 0 Å². The van der Waals surface area contributed by atoms with E-state index in [0.717, 1.165) is 4.90 Å². The van der Waals surface area contributed by atoms with Crippen molar-refractivity contribution in [2.75, 3.05) is 19.7 Å². The van der Waals surface area contributed by atoms with Crippen LogP contribution in [0.1, 0.15) is 6.42 Å². The van der Waals surface area contributed by atoms with E-state index in [0.29, 0.717) is 0 Å². The summed E-state index contributed by atoms with van der Waals surface area (Å²) in [7, 11) is -16.7. The van der Waals surface area contributed by atoms with Crippen LogP contribution in [-0.2, 0) is 36.4 Å². The second-order valence-electron chi connectivity index (χ2n) is 6.34. The van der Waals surface area contributed by atoms with Gasteiger partial charge in [-0.3, -0.25) is 19.5 Å². The number of rotatable bonds is 8. The number of carbonyl (C=O) groups excluding carboxylic acids is 2. The molecule has 0 saturated carbocycles. The average Bonchev–Trinajstić information content (AvgIpc) is 2.97. The van der Waals surface area contributed by atoms with Crippen molar-refractivity contribution in [1.82, 2.24) is 10.2 Å². The minimum Gasteiger partial charge on any atom is -0.390 e. The number of nitrogens with two attached hydrogens (primary N) is 1. The van der Waals surface area contributed by atoms with Crippen molar-refractivity contribution in [1.29, 1.82) is 0 Å². The van der Waals surface area contributed by atoms with Crippen molar-refractivity contribution < 1.29 is 65.8 Å². The quantitative estimate of drug-likeness (QED) is 0.133. The van der Waals surface area contributed by atoms with Crippen molar-refractivity contribution >= 4 is 35.4 Å². The normalized spacial score (nSPS) is 30.1. The first kappa shape index (κ1) is 27.0. The van der Waals surface area contributed by atoms with Gasteiger partial charge in [0, 0.05) is 13.0 Å². The van der Waals surface area contributed by atoms with Crippen LogP contribution >= 0.6 is 23.5 Å². The van der Waals surface area contributed by atoms with Crippen LogP contribution < -0.4 is 11.1 Å². The highest BCUT2D eigenvalue weighted by molar-refractivity contribution is 7.66. The molecule has 2 saturated heterocycles. The summed E-state index contributed by atoms with van der Waals surface area (Å²) in [4.78, 5) is 60.5. The maximum absolute atomic E-state index is 12.1. The Labute approximate surface area is 180 Å². The molecule has 6 atom stereocenters. The van der Waals surface area contributed by atoms with Gasteiger partial charge in [-0.05, 0) is 0 Å². The van der Waals surface area contributed by atoms with Crippen molar-refractivity contribution in [2.45, 2.75) is 24.9 Å². The van der Waals surface area contributed by atoms with Gasteiger partial charge in [0.1, 0.15) is 18.2 Å². The summed E-state index contributed by atoms with van der Waals surface area (Å²) in [6.45, 7) is -1.09. The molecule has 6 unspecified atom stereocenters. The van der Waals surface area contributed by atoms with Gasteiger partial charge >= 0.3 is 29.5 Å². The summed E-state index contributed by atoms with van der Waals surface area (Å²) in [5.74, 6) is 3.52. The Morgan fingerprint density at radius 1 is 1.16 bits per heavy atom. The molecule has 0 bridgehead atoms. The van der Waals surface area contributed by atoms with Gasteiger partial charge in [0.15, 0.2) is 0 Å². The lowest BCUT2D eigenvalue weighted by atomic mass is 10.1. The smallest absolute Gasteiger partial charge is 0.390 e. The van der Waals surface area contributed by atoms with E-state index in [2.05, 4.69) is 30.3 Å². The largest absolute Gasteiger partial charge is 0.490 e. The standard InChI is InChI=1S/C12H20N3O14P3/c13-3-1-2-7-5-15(12(18)14-11(7)17)10-4-8(16)9(27-10)6-26-31(22,23)29-32(24,25)28-30(19,20)21/h7-10,16H,3-6,13H2,(H,22,23)(H,24,25)(H,14,17,18)(H2,19,20,21). The molecule has 2 aliphatic heterocycles. The Morgan fingerprint density at radius 3 is 2.41 bits per heavy atom. The zero-order valence-electron chi connectivity index (χ0n) is 15.9. The monoisotopic (exact) mass is 523 g/mol. The lowest BCUT2D eigenvalue weighted by Crippen LogP contribution is -2.57. The van der Waals surface area contributed by atoms with Gasteiger partial charge in [0.25, 0.3) is 0 Å². The third kappa shape index (κ3) is 7.98. The van der Waals surface area contributed by atoms with Crippen LogP contribution in [0.3, 0.4) is 0 Å². The number of aliphatic hydroxyl groups is 1. The molecule has 8 N–H and O–H groups in total. The number of nitrogens with one attached hydrogen (secondary N) is 1. The molecule has 0 aromatic carbocycles. The third-order valence-electron chi connectivity index (χ3n) is 3.93. The second-order valence-corrected chi connectivity index (χ2v) is 10.8. The van der Waals surface area contributed by atoms with E-state index in [4.69, 9.17) is 25.2 Å². The Hall–Kier alpha value is -1.21. The highest BCUT2D eigenvalue weighted by Gasteiger charge is 2.45. The minimum absolute atomic E-state index is 0.0148. The molecule has 3 amide bonds. The molecule has 17 nitrogen and oxygen atoms in total. The van der Waals surface area contributed by atoms with E-state index < -0.39 is 66.4 Å². The molecule has 182 valence electrons. The molecule has 20 heteroatoms. The third-order valence-corrected chi connectivity index (χ3v) is 7.74. The minimum atomic E-state index is -5.70. The van der Waals surface area contributed by atoms with E-state index in [9.17, 15) is 33.3 Å². The fraction of sp³-hybridized carbons (Fsp3) is 0.667. The number of amides is 3. The summed E-state index contributed by atoms with van der Waals surface area (Å²) in [5.41, 5.74) is 5.26. The van der Waals surface area contributed by atoms with Crippen LogP contribution in [0.5, 0.6) is 0 Å². The highest BCUT2D eigenvalue weighted by Crippen LogP contribution is 2.66. The van der Waals surface area contributed by atoms with E-state index >= 15 is 0 Å². The zero-order chi connectivity index (χ0) is 24.3. The first-order valence-electron chi connectivity index (χ1n) is 8.54. The maximum atomic E-state index is 12.1. The summed E-state index contributed by atoms with van der Waals surface area (Å²) in [6, 6.07) is -0.827. The lowest BCUT2D eigenvalue weighted by molar-refractivity contribution is -0.127. The molecule has 2 rings (SSSR count). The maximum Gasteiger partial charge on any atom is 0.490 e. The summed E-state index contributed by atoms with van der Waals surface area (Å²) in [6.07, 6.45) is -3.95. The van der Waals surface area contributed by atoms with Crippen LogP contribution in [0, 0.1) is 17.8 Å². The Balaban J connectivity index is 1.97. The van der Waals surface area contributed by atoms with Gasteiger partial charge in [-0.2, -0.15) is 8.62 Å². The van der Waals surface area contributed by atoms with E-state index in [1.54, 1.807) is 0 Å². The molecule has 0 aromatic rings. The van der Waals surface area contributed by atoms with Crippen molar-refractivity contribution in [3.8, 4) is 11.8 Å². The number of nitrogens with zero attached hydrogens (tertiary/aromatic N) is 1. The molecule has 2 fully saturated rings. The fourth-order valence-electron chi connectivity index (χ4n) is 2.70. The van der Waals surface area contributed by atoms with E-state index in [1.165, 1.54) is 0 Å². The van der Waals surface area contributed by atoms with Crippen molar-refractivity contribution in [2.24, 2.45) is 11.7 Å². The van der Waals surface area contributed by atoms with Crippen molar-refractivity contribution in [3.05, 3.63) is 0 Å². The van der Waals surface area contributed by atoms with Crippen LogP contribution in [0.25, 0.3) is 0 Å². The average molecular weight is 523 g/mol. The summed E-state index contributed by atoms with van der Waals surface area (Å²) in [5, 5.41) is 12.2. The Kier molecular flexibility index (Phi) is 8.76. The van der Waals surface area contributed by atoms with Crippen LogP contribution in [0.15, 0.2) is 0 Å². The number of hydrogen-bond donors (Lipinski definition) is 7. The van der Waals surface area contributed by atoms with Crippen LogP contribution in [-0.4, -0.2) is 79.7 Å². The number of urea groups is 1. The number of hydrogen-bond acceptors (Lipinski definition) is 11. The van der Waals surface area contributed by atoms with Gasteiger partial charge < -0.3 is 35.2 Å². The second kappa shape index (κ2) is 10.4. The van der Waals surface area contributed by atoms with Gasteiger partial charge in [-0.15, -0.1) is 0 Å². The molecule has 0 aliphatic carbocycles. The number of carbonyl (C=O) groups is 2. The Bertz CT molecular complexity index is 942. The number of phosphoric acid groups is 3. The molecule has 0 spiro atoms. The molecular weight excluding hydrogens is 503 g/mol. The molecule has 2 heterocycles. The molecule has 32 heavy (non-hydrogen) atoms. The van der Waals surface area contributed by atoms with E-state index in [-0.39, 0.29) is 19.5 Å². The summed E-state index contributed by atoms with van der Waals surface area (Å²) >= 11 is 0. The number of ether oxygens (including phenoxy) is 1. The first-order valence-corrected chi connectivity index (χ1v) is 13.1. The Morgan fingerprint density at radius 2 is 1.81 bits per heavy atom. The topological polar surface area (TPSA) is 265 Å². The van der Waals surface area contributed by atoms with Crippen molar-refractivity contribution in [3.63, 3.8) is 0 Å². The van der Waals surface area contributed by atoms with Gasteiger partial charge in [-0.1, -0.05) is 11.8 Å². The van der Waals surface area contributed by atoms with Gasteiger partial charge in [0.2, 0.25) is 5.91 Å². The number of aliphatic hydroxyl groups excluding tert-OH is 1. The van der Waals surface area contributed by atoms with Gasteiger partial charge in [-0.25, -0.2) is 18.5 Å². The highest BCUT2D eigenvalue weighted by atomic mass is 31.3. The fourth-order valence-corrected chi connectivity index (χ4v) is 5.73. The van der Waals surface area contributed by atoms with Gasteiger partial charge in [0.05, 0.1) is 19.3 Å². The molecule has 0 aromatic heterocycles.